The number of carbonyl (C=O) groups excluding carboxylic acids is 1. The summed E-state index contributed by atoms with van der Waals surface area (Å²) in [4.78, 5) is 22.9. The molecule has 2 heterocycles. The molecule has 0 radical (unpaired) electrons. The van der Waals surface area contributed by atoms with E-state index in [1.165, 1.54) is 30.4 Å². The lowest BCUT2D eigenvalue weighted by molar-refractivity contribution is -0.129. The van der Waals surface area contributed by atoms with Crippen molar-refractivity contribution < 1.29 is 13.2 Å². The van der Waals surface area contributed by atoms with Gasteiger partial charge in [-0.15, -0.1) is 0 Å². The fourth-order valence-electron chi connectivity index (χ4n) is 3.41. The summed E-state index contributed by atoms with van der Waals surface area (Å²) in [5, 5.41) is 3.34. The van der Waals surface area contributed by atoms with Crippen molar-refractivity contribution in [2.45, 2.75) is 37.2 Å². The number of nitrogens with one attached hydrogen (secondary N) is 1. The molecule has 0 saturated carbocycles. The topological polar surface area (TPSA) is 95.5 Å². The third kappa shape index (κ3) is 4.68. The van der Waals surface area contributed by atoms with Crippen LogP contribution in [0.4, 0.5) is 5.82 Å². The van der Waals surface area contributed by atoms with E-state index < -0.39 is 10.0 Å². The fraction of sp³-hybridized carbons (Fsp3) is 0.421. The molecule has 1 amide bonds. The average Bonchev–Trinajstić information content (AvgIpc) is 3.18. The number of hydrogen-bond donors (Lipinski definition) is 1. The molecule has 1 N–H and O–H groups in total. The third-order valence-corrected chi connectivity index (χ3v) is 6.93. The van der Waals surface area contributed by atoms with E-state index >= 15 is 0 Å². The number of likely N-dealkylation sites (tertiary alicyclic amines) is 1. The molecule has 0 bridgehead atoms. The lowest BCUT2D eigenvalue weighted by atomic mass is 10.2. The number of carbonyl (C=O) groups is 1. The summed E-state index contributed by atoms with van der Waals surface area (Å²) in [7, 11) is -0.501. The Kier molecular flexibility index (Phi) is 6.40. The Morgan fingerprint density at radius 2 is 2.10 bits per heavy atom. The average molecular weight is 438 g/mol. The molecule has 29 heavy (non-hydrogen) atoms. The van der Waals surface area contributed by atoms with Crippen molar-refractivity contribution in [3.8, 4) is 0 Å². The Morgan fingerprint density at radius 3 is 2.76 bits per heavy atom. The highest BCUT2D eigenvalue weighted by molar-refractivity contribution is 7.89. The van der Waals surface area contributed by atoms with Crippen LogP contribution in [0.3, 0.4) is 0 Å². The van der Waals surface area contributed by atoms with E-state index in [2.05, 4.69) is 15.3 Å². The first-order chi connectivity index (χ1) is 13.7. The zero-order chi connectivity index (χ0) is 21.2. The summed E-state index contributed by atoms with van der Waals surface area (Å²) in [6.45, 7) is 2.27. The first-order valence-corrected chi connectivity index (χ1v) is 11.1. The van der Waals surface area contributed by atoms with E-state index in [4.69, 9.17) is 11.6 Å². The number of hydrogen-bond acceptors (Lipinski definition) is 6. The Morgan fingerprint density at radius 1 is 1.34 bits per heavy atom. The molecule has 1 fully saturated rings. The summed E-state index contributed by atoms with van der Waals surface area (Å²) in [5.41, 5.74) is 0.544. The normalized spacial score (nSPS) is 17.0. The molecule has 10 heteroatoms. The number of amides is 1. The largest absolute Gasteiger partial charge is 0.373 e. The van der Waals surface area contributed by atoms with Gasteiger partial charge in [0.25, 0.3) is 0 Å². The Balaban J connectivity index is 1.90. The van der Waals surface area contributed by atoms with Gasteiger partial charge in [0, 0.05) is 38.7 Å². The Bertz CT molecular complexity index is 1010. The number of halogens is 1. The second-order valence-electron chi connectivity index (χ2n) is 6.94. The lowest BCUT2D eigenvalue weighted by Gasteiger charge is -2.23. The predicted molar refractivity (Wildman–Crippen MR) is 111 cm³/mol. The van der Waals surface area contributed by atoms with Crippen LogP contribution in [-0.2, 0) is 21.4 Å². The molecule has 1 aromatic carbocycles. The zero-order valence-electron chi connectivity index (χ0n) is 16.6. The maximum absolute atomic E-state index is 12.9. The molecule has 1 aliphatic rings. The molecular formula is C19H24ClN5O3S. The minimum atomic E-state index is -3.73. The smallest absolute Gasteiger partial charge is 0.243 e. The van der Waals surface area contributed by atoms with Crippen LogP contribution < -0.4 is 5.32 Å². The highest BCUT2D eigenvalue weighted by Gasteiger charge is 2.31. The quantitative estimate of drug-likeness (QED) is 0.746. The van der Waals surface area contributed by atoms with Crippen molar-refractivity contribution in [2.24, 2.45) is 0 Å². The number of anilines is 1. The highest BCUT2D eigenvalue weighted by Crippen LogP contribution is 2.31. The van der Waals surface area contributed by atoms with Crippen molar-refractivity contribution in [1.82, 2.24) is 19.2 Å². The van der Waals surface area contributed by atoms with Gasteiger partial charge in [-0.2, -0.15) is 4.31 Å². The van der Waals surface area contributed by atoms with Crippen molar-refractivity contribution in [3.63, 3.8) is 0 Å². The van der Waals surface area contributed by atoms with Gasteiger partial charge in [0.05, 0.1) is 23.2 Å². The van der Waals surface area contributed by atoms with Crippen LogP contribution in [0.15, 0.2) is 35.2 Å². The van der Waals surface area contributed by atoms with Crippen molar-refractivity contribution in [1.29, 1.82) is 0 Å². The van der Waals surface area contributed by atoms with Crippen molar-refractivity contribution in [2.75, 3.05) is 26.0 Å². The predicted octanol–water partition coefficient (Wildman–Crippen LogP) is 2.68. The zero-order valence-corrected chi connectivity index (χ0v) is 18.2. The molecule has 0 unspecified atom stereocenters. The van der Waals surface area contributed by atoms with Gasteiger partial charge in [-0.25, -0.2) is 18.4 Å². The third-order valence-electron chi connectivity index (χ3n) is 4.90. The van der Waals surface area contributed by atoms with E-state index in [1.807, 2.05) is 0 Å². The second kappa shape index (κ2) is 8.64. The van der Waals surface area contributed by atoms with Gasteiger partial charge in [0.2, 0.25) is 15.9 Å². The summed E-state index contributed by atoms with van der Waals surface area (Å²) < 4.78 is 27.0. The molecule has 156 valence electrons. The number of benzene rings is 1. The minimum Gasteiger partial charge on any atom is -0.373 e. The second-order valence-corrected chi connectivity index (χ2v) is 9.42. The molecule has 0 aliphatic carbocycles. The Labute approximate surface area is 176 Å². The molecule has 3 rings (SSSR count). The van der Waals surface area contributed by atoms with Crippen molar-refractivity contribution in [3.05, 3.63) is 46.9 Å². The van der Waals surface area contributed by atoms with E-state index in [-0.39, 0.29) is 23.4 Å². The minimum absolute atomic E-state index is 0.0202. The fourth-order valence-corrected chi connectivity index (χ4v) is 4.85. The van der Waals surface area contributed by atoms with Crippen LogP contribution in [0, 0.1) is 0 Å². The van der Waals surface area contributed by atoms with Gasteiger partial charge >= 0.3 is 0 Å². The van der Waals surface area contributed by atoms with Crippen LogP contribution in [0.1, 0.15) is 37.3 Å². The summed E-state index contributed by atoms with van der Waals surface area (Å²) in [6, 6.07) is 7.65. The number of sulfonamides is 1. The lowest BCUT2D eigenvalue weighted by Crippen LogP contribution is -2.30. The molecule has 1 atom stereocenters. The highest BCUT2D eigenvalue weighted by atomic mass is 35.5. The SMILES string of the molecule is CNc1cc(CN(C)S(=O)(=O)c2cccc(Cl)c2)nc([C@@H]2CCCN2C(C)=O)n1. The maximum atomic E-state index is 12.9. The molecule has 2 aromatic rings. The standard InChI is InChI=1S/C19H24ClN5O3S/c1-13(26)25-9-5-8-17(25)19-22-15(11-18(21-2)23-19)12-24(3)29(27,28)16-7-4-6-14(20)10-16/h4,6-7,10-11,17H,5,8-9,12H2,1-3H3,(H,21,22,23)/t17-/m0/s1. The first kappa shape index (κ1) is 21.5. The van der Waals surface area contributed by atoms with E-state index in [1.54, 1.807) is 30.1 Å². The van der Waals surface area contributed by atoms with Crippen LogP contribution in [0.5, 0.6) is 0 Å². The van der Waals surface area contributed by atoms with E-state index in [9.17, 15) is 13.2 Å². The first-order valence-electron chi connectivity index (χ1n) is 9.27. The molecular weight excluding hydrogens is 414 g/mol. The molecule has 1 saturated heterocycles. The molecule has 0 spiro atoms. The summed E-state index contributed by atoms with van der Waals surface area (Å²) >= 11 is 5.94. The van der Waals surface area contributed by atoms with Gasteiger partial charge < -0.3 is 10.2 Å². The van der Waals surface area contributed by atoms with Gasteiger partial charge in [-0.1, -0.05) is 17.7 Å². The summed E-state index contributed by atoms with van der Waals surface area (Å²) in [5.74, 6) is 1.08. The van der Waals surface area contributed by atoms with Gasteiger partial charge in [-0.3, -0.25) is 4.79 Å². The molecule has 8 nitrogen and oxygen atoms in total. The summed E-state index contributed by atoms with van der Waals surface area (Å²) in [6.07, 6.45) is 1.67. The van der Waals surface area contributed by atoms with Crippen LogP contribution >= 0.6 is 11.6 Å². The number of nitrogens with zero attached hydrogens (tertiary/aromatic N) is 4. The molecule has 1 aliphatic heterocycles. The van der Waals surface area contributed by atoms with Gasteiger partial charge in [-0.05, 0) is 31.0 Å². The van der Waals surface area contributed by atoms with E-state index in [0.29, 0.717) is 28.9 Å². The van der Waals surface area contributed by atoms with E-state index in [0.717, 1.165) is 12.8 Å². The Hall–Kier alpha value is -2.23. The van der Waals surface area contributed by atoms with Crippen LogP contribution in [0.2, 0.25) is 5.02 Å². The molecule has 1 aromatic heterocycles. The van der Waals surface area contributed by atoms with Crippen LogP contribution in [0.25, 0.3) is 0 Å². The van der Waals surface area contributed by atoms with Gasteiger partial charge in [0.15, 0.2) is 5.82 Å². The monoisotopic (exact) mass is 437 g/mol. The maximum Gasteiger partial charge on any atom is 0.243 e. The van der Waals surface area contributed by atoms with Crippen molar-refractivity contribution >= 4 is 33.3 Å². The number of rotatable bonds is 6. The van der Waals surface area contributed by atoms with Gasteiger partial charge in [0.1, 0.15) is 5.82 Å². The van der Waals surface area contributed by atoms with Crippen LogP contribution in [-0.4, -0.2) is 54.1 Å². The number of aromatic nitrogens is 2.